The minimum absolute atomic E-state index is 0.532. The first kappa shape index (κ1) is 9.02. The van der Waals surface area contributed by atoms with Crippen LogP contribution in [0.25, 0.3) is 0 Å². The lowest BCUT2D eigenvalue weighted by Gasteiger charge is -2.16. The van der Waals surface area contributed by atoms with Gasteiger partial charge in [-0.1, -0.05) is 18.2 Å². The van der Waals surface area contributed by atoms with Crippen molar-refractivity contribution in [1.82, 2.24) is 0 Å². The molecule has 0 saturated carbocycles. The minimum atomic E-state index is -0.900. The maximum Gasteiger partial charge on any atom is 0.335 e. The van der Waals surface area contributed by atoms with E-state index >= 15 is 0 Å². The quantitative estimate of drug-likeness (QED) is 0.768. The topological polar surface area (TPSA) is 49.8 Å². The van der Waals surface area contributed by atoms with E-state index in [1.165, 1.54) is 0 Å². The van der Waals surface area contributed by atoms with Crippen LogP contribution in [0.4, 0.5) is 5.69 Å². The van der Waals surface area contributed by atoms with Gasteiger partial charge in [-0.3, -0.25) is 9.90 Å². The summed E-state index contributed by atoms with van der Waals surface area (Å²) in [6.07, 6.45) is -0.167. The van der Waals surface area contributed by atoms with Gasteiger partial charge in [0.25, 0.3) is 0 Å². The van der Waals surface area contributed by atoms with E-state index in [9.17, 15) is 4.79 Å². The normalized spacial score (nSPS) is 21.1. The Hall–Kier alpha value is -1.55. The van der Waals surface area contributed by atoms with Gasteiger partial charge >= 0.3 is 5.97 Å². The standard InChI is InChI=1S/C10H11NO3/c12-10(13)9-6-7-11(14-9)8-4-2-1-3-5-8/h1-5,9H,6-7H2,(H,12,13). The second-order valence-electron chi connectivity index (χ2n) is 3.16. The third kappa shape index (κ3) is 1.70. The fraction of sp³-hybridized carbons (Fsp3) is 0.300. The van der Waals surface area contributed by atoms with Crippen LogP contribution in [0.5, 0.6) is 0 Å². The molecule has 0 bridgehead atoms. The molecule has 0 aliphatic carbocycles. The van der Waals surface area contributed by atoms with E-state index < -0.39 is 12.1 Å². The van der Waals surface area contributed by atoms with Gasteiger partial charge in [-0.25, -0.2) is 4.79 Å². The van der Waals surface area contributed by atoms with Crippen LogP contribution in [0, 0.1) is 0 Å². The Labute approximate surface area is 81.7 Å². The number of hydroxylamine groups is 1. The molecule has 74 valence electrons. The monoisotopic (exact) mass is 193 g/mol. The molecule has 1 aliphatic rings. The molecule has 1 aromatic rings. The average molecular weight is 193 g/mol. The molecule has 1 N–H and O–H groups in total. The Morgan fingerprint density at radius 1 is 1.43 bits per heavy atom. The van der Waals surface area contributed by atoms with Crippen LogP contribution in [-0.4, -0.2) is 23.7 Å². The molecule has 1 atom stereocenters. The van der Waals surface area contributed by atoms with Crippen molar-refractivity contribution in [2.75, 3.05) is 11.6 Å². The molecule has 14 heavy (non-hydrogen) atoms. The summed E-state index contributed by atoms with van der Waals surface area (Å²) in [5.74, 6) is -0.900. The molecule has 0 radical (unpaired) electrons. The number of nitrogens with zero attached hydrogens (tertiary/aromatic N) is 1. The molecule has 4 heteroatoms. The van der Waals surface area contributed by atoms with Crippen molar-refractivity contribution in [1.29, 1.82) is 0 Å². The van der Waals surface area contributed by atoms with Gasteiger partial charge in [0.05, 0.1) is 5.69 Å². The highest BCUT2D eigenvalue weighted by Gasteiger charge is 2.29. The Morgan fingerprint density at radius 3 is 2.71 bits per heavy atom. The number of carboxylic acid groups (broad SMARTS) is 1. The summed E-state index contributed by atoms with van der Waals surface area (Å²) >= 11 is 0. The lowest BCUT2D eigenvalue weighted by atomic mass is 10.2. The first-order chi connectivity index (χ1) is 6.77. The number of aliphatic carboxylic acids is 1. The van der Waals surface area contributed by atoms with Gasteiger partial charge in [0.2, 0.25) is 0 Å². The number of anilines is 1. The predicted molar refractivity (Wildman–Crippen MR) is 50.9 cm³/mol. The Morgan fingerprint density at radius 2 is 2.14 bits per heavy atom. The summed E-state index contributed by atoms with van der Waals surface area (Å²) in [5.41, 5.74) is 0.899. The largest absolute Gasteiger partial charge is 0.479 e. The summed E-state index contributed by atoms with van der Waals surface area (Å²) in [6.45, 7) is 0.626. The SMILES string of the molecule is O=C(O)C1CCN(c2ccccc2)O1. The van der Waals surface area contributed by atoms with Crippen molar-refractivity contribution in [2.45, 2.75) is 12.5 Å². The summed E-state index contributed by atoms with van der Waals surface area (Å²) in [4.78, 5) is 15.9. The van der Waals surface area contributed by atoms with Crippen molar-refractivity contribution < 1.29 is 14.7 Å². The van der Waals surface area contributed by atoms with E-state index in [4.69, 9.17) is 9.94 Å². The Balaban J connectivity index is 2.06. The van der Waals surface area contributed by atoms with Gasteiger partial charge in [-0.05, 0) is 12.1 Å². The van der Waals surface area contributed by atoms with Crippen LogP contribution in [0.15, 0.2) is 30.3 Å². The summed E-state index contributed by atoms with van der Waals surface area (Å²) < 4.78 is 0. The van der Waals surface area contributed by atoms with E-state index in [2.05, 4.69) is 0 Å². The molecule has 1 aliphatic heterocycles. The van der Waals surface area contributed by atoms with Crippen LogP contribution >= 0.6 is 0 Å². The van der Waals surface area contributed by atoms with Gasteiger partial charge < -0.3 is 5.11 Å². The number of carbonyl (C=O) groups is 1. The van der Waals surface area contributed by atoms with Crippen molar-refractivity contribution in [3.8, 4) is 0 Å². The van der Waals surface area contributed by atoms with E-state index in [-0.39, 0.29) is 0 Å². The van der Waals surface area contributed by atoms with Crippen molar-refractivity contribution >= 4 is 11.7 Å². The molecule has 1 heterocycles. The second-order valence-corrected chi connectivity index (χ2v) is 3.16. The fourth-order valence-corrected chi connectivity index (χ4v) is 1.45. The number of hydrogen-bond acceptors (Lipinski definition) is 3. The molecule has 4 nitrogen and oxygen atoms in total. The summed E-state index contributed by atoms with van der Waals surface area (Å²) in [6, 6.07) is 9.49. The van der Waals surface area contributed by atoms with E-state index in [0.29, 0.717) is 13.0 Å². The molecular weight excluding hydrogens is 182 g/mol. The molecule has 1 saturated heterocycles. The number of para-hydroxylation sites is 1. The van der Waals surface area contributed by atoms with Crippen LogP contribution in [-0.2, 0) is 9.63 Å². The van der Waals surface area contributed by atoms with Crippen LogP contribution in [0.1, 0.15) is 6.42 Å². The van der Waals surface area contributed by atoms with E-state index in [0.717, 1.165) is 5.69 Å². The molecule has 1 aromatic carbocycles. The predicted octanol–water partition coefficient (Wildman–Crippen LogP) is 1.28. The van der Waals surface area contributed by atoms with Crippen LogP contribution in [0.2, 0.25) is 0 Å². The van der Waals surface area contributed by atoms with Gasteiger partial charge in [0, 0.05) is 13.0 Å². The highest BCUT2D eigenvalue weighted by Crippen LogP contribution is 2.21. The molecule has 0 amide bonds. The summed E-state index contributed by atoms with van der Waals surface area (Å²) in [5, 5.41) is 10.4. The van der Waals surface area contributed by atoms with Gasteiger partial charge in [-0.2, -0.15) is 0 Å². The minimum Gasteiger partial charge on any atom is -0.479 e. The van der Waals surface area contributed by atoms with Crippen molar-refractivity contribution in [2.24, 2.45) is 0 Å². The molecule has 2 rings (SSSR count). The third-order valence-corrected chi connectivity index (χ3v) is 2.17. The van der Waals surface area contributed by atoms with E-state index in [1.54, 1.807) is 5.06 Å². The highest BCUT2D eigenvalue weighted by atomic mass is 16.7. The highest BCUT2D eigenvalue weighted by molar-refractivity contribution is 5.73. The molecule has 1 fully saturated rings. The van der Waals surface area contributed by atoms with Gasteiger partial charge in [0.1, 0.15) is 0 Å². The van der Waals surface area contributed by atoms with Crippen LogP contribution < -0.4 is 5.06 Å². The van der Waals surface area contributed by atoms with Crippen LogP contribution in [0.3, 0.4) is 0 Å². The maximum atomic E-state index is 10.6. The number of benzene rings is 1. The Kier molecular flexibility index (Phi) is 2.37. The number of carboxylic acids is 1. The Bertz CT molecular complexity index is 325. The smallest absolute Gasteiger partial charge is 0.335 e. The average Bonchev–Trinajstić information content (AvgIpc) is 2.68. The van der Waals surface area contributed by atoms with Crippen molar-refractivity contribution in [3.63, 3.8) is 0 Å². The first-order valence-electron chi connectivity index (χ1n) is 4.49. The molecule has 0 aromatic heterocycles. The zero-order chi connectivity index (χ0) is 9.97. The van der Waals surface area contributed by atoms with Crippen molar-refractivity contribution in [3.05, 3.63) is 30.3 Å². The van der Waals surface area contributed by atoms with E-state index in [1.807, 2.05) is 30.3 Å². The molecular formula is C10H11NO3. The number of rotatable bonds is 2. The number of hydrogen-bond donors (Lipinski definition) is 1. The molecule has 1 unspecified atom stereocenters. The third-order valence-electron chi connectivity index (χ3n) is 2.17. The lowest BCUT2D eigenvalue weighted by Crippen LogP contribution is -2.23. The zero-order valence-electron chi connectivity index (χ0n) is 7.59. The second kappa shape index (κ2) is 3.67. The summed E-state index contributed by atoms with van der Waals surface area (Å²) in [7, 11) is 0. The van der Waals surface area contributed by atoms with Gasteiger partial charge in [0.15, 0.2) is 6.10 Å². The maximum absolute atomic E-state index is 10.6. The molecule has 0 spiro atoms. The fourth-order valence-electron chi connectivity index (χ4n) is 1.45. The first-order valence-corrected chi connectivity index (χ1v) is 4.49. The zero-order valence-corrected chi connectivity index (χ0v) is 7.59. The lowest BCUT2D eigenvalue weighted by molar-refractivity contribution is -0.147. The van der Waals surface area contributed by atoms with Gasteiger partial charge in [-0.15, -0.1) is 0 Å².